The normalized spacial score (nSPS) is 10.6. The summed E-state index contributed by atoms with van der Waals surface area (Å²) in [4.78, 5) is 36.1. The van der Waals surface area contributed by atoms with E-state index in [1.165, 1.54) is 12.3 Å². The predicted molar refractivity (Wildman–Crippen MR) is 122 cm³/mol. The summed E-state index contributed by atoms with van der Waals surface area (Å²) < 4.78 is 5.34. The summed E-state index contributed by atoms with van der Waals surface area (Å²) in [6, 6.07) is 19.3. The summed E-state index contributed by atoms with van der Waals surface area (Å²) >= 11 is 11.7. The van der Waals surface area contributed by atoms with Gasteiger partial charge in [-0.1, -0.05) is 41.4 Å². The number of hydrogen-bond donors (Lipinski definition) is 2. The molecule has 0 aliphatic carbocycles. The lowest BCUT2D eigenvalue weighted by atomic mass is 10.2. The van der Waals surface area contributed by atoms with Crippen molar-refractivity contribution in [3.8, 4) is 5.75 Å². The lowest BCUT2D eigenvalue weighted by Crippen LogP contribution is -2.34. The Bertz CT molecular complexity index is 1160. The number of carbonyl (C=O) groups is 3. The molecule has 0 aliphatic rings. The number of hydrazone groups is 1. The summed E-state index contributed by atoms with van der Waals surface area (Å²) in [6.07, 6.45) is 1.39. The second-order valence-electron chi connectivity index (χ2n) is 6.46. The largest absolute Gasteiger partial charge is 0.423 e. The van der Waals surface area contributed by atoms with Gasteiger partial charge in [0, 0.05) is 15.6 Å². The highest BCUT2D eigenvalue weighted by atomic mass is 35.5. The van der Waals surface area contributed by atoms with Gasteiger partial charge in [0.2, 0.25) is 0 Å². The molecule has 0 saturated carbocycles. The SMILES string of the molecule is O=C(CNC(=O)c1cccc(Cl)c1)N/N=C\c1cccc(OC(=O)c2ccc(Cl)cc2)c1. The Hall–Kier alpha value is -3.68. The highest BCUT2D eigenvalue weighted by molar-refractivity contribution is 6.31. The number of nitrogens with one attached hydrogen (secondary N) is 2. The molecule has 0 aromatic heterocycles. The molecule has 3 aromatic carbocycles. The van der Waals surface area contributed by atoms with Crippen molar-refractivity contribution in [1.29, 1.82) is 0 Å². The Balaban J connectivity index is 1.49. The van der Waals surface area contributed by atoms with Crippen LogP contribution in [0.25, 0.3) is 0 Å². The van der Waals surface area contributed by atoms with E-state index in [1.54, 1.807) is 66.7 Å². The zero-order valence-electron chi connectivity index (χ0n) is 16.5. The van der Waals surface area contributed by atoms with Crippen LogP contribution in [0.2, 0.25) is 10.0 Å². The second-order valence-corrected chi connectivity index (χ2v) is 7.33. The van der Waals surface area contributed by atoms with Gasteiger partial charge < -0.3 is 10.1 Å². The molecule has 0 heterocycles. The Morgan fingerprint density at radius 2 is 1.62 bits per heavy atom. The van der Waals surface area contributed by atoms with Crippen LogP contribution in [0.15, 0.2) is 77.9 Å². The second kappa shape index (κ2) is 11.1. The van der Waals surface area contributed by atoms with Gasteiger partial charge >= 0.3 is 5.97 Å². The van der Waals surface area contributed by atoms with E-state index in [2.05, 4.69) is 15.8 Å². The van der Waals surface area contributed by atoms with E-state index >= 15 is 0 Å². The van der Waals surface area contributed by atoms with E-state index in [0.717, 1.165) is 0 Å². The Kier molecular flexibility index (Phi) is 7.96. The molecule has 9 heteroatoms. The topological polar surface area (TPSA) is 96.9 Å². The lowest BCUT2D eigenvalue weighted by Gasteiger charge is -2.06. The lowest BCUT2D eigenvalue weighted by molar-refractivity contribution is -0.120. The minimum Gasteiger partial charge on any atom is -0.423 e. The summed E-state index contributed by atoms with van der Waals surface area (Å²) in [6.45, 7) is -0.262. The molecule has 32 heavy (non-hydrogen) atoms. The number of hydrogen-bond acceptors (Lipinski definition) is 5. The maximum absolute atomic E-state index is 12.2. The van der Waals surface area contributed by atoms with E-state index in [9.17, 15) is 14.4 Å². The van der Waals surface area contributed by atoms with Crippen molar-refractivity contribution in [3.05, 3.63) is 99.5 Å². The number of amides is 2. The van der Waals surface area contributed by atoms with Crippen LogP contribution in [-0.2, 0) is 4.79 Å². The van der Waals surface area contributed by atoms with Crippen LogP contribution in [0.5, 0.6) is 5.75 Å². The van der Waals surface area contributed by atoms with E-state index in [-0.39, 0.29) is 6.54 Å². The van der Waals surface area contributed by atoms with Crippen molar-refractivity contribution >= 4 is 47.2 Å². The molecule has 2 amide bonds. The minimum absolute atomic E-state index is 0.262. The van der Waals surface area contributed by atoms with Crippen molar-refractivity contribution in [2.75, 3.05) is 6.54 Å². The third kappa shape index (κ3) is 6.94. The molecule has 0 atom stereocenters. The molecule has 0 spiro atoms. The molecule has 0 saturated heterocycles. The fourth-order valence-electron chi connectivity index (χ4n) is 2.52. The summed E-state index contributed by atoms with van der Waals surface area (Å²) in [7, 11) is 0. The molecule has 2 N–H and O–H groups in total. The van der Waals surface area contributed by atoms with Gasteiger partial charge in [-0.3, -0.25) is 9.59 Å². The maximum Gasteiger partial charge on any atom is 0.343 e. The number of carbonyl (C=O) groups excluding carboxylic acids is 3. The highest BCUT2D eigenvalue weighted by Crippen LogP contribution is 2.16. The number of halogens is 2. The molecular weight excluding hydrogens is 453 g/mol. The minimum atomic E-state index is -0.528. The standard InChI is InChI=1S/C23H17Cl2N3O4/c24-18-9-7-16(8-10-18)23(31)32-20-6-1-3-15(11-20)13-27-28-21(29)14-26-22(30)17-4-2-5-19(25)12-17/h1-13H,14H2,(H,26,30)(H,28,29)/b27-13-. The smallest absolute Gasteiger partial charge is 0.343 e. The van der Waals surface area contributed by atoms with Crippen molar-refractivity contribution in [1.82, 2.24) is 10.7 Å². The molecule has 0 fully saturated rings. The van der Waals surface area contributed by atoms with Crippen LogP contribution in [-0.4, -0.2) is 30.5 Å². The fourth-order valence-corrected chi connectivity index (χ4v) is 2.84. The predicted octanol–water partition coefficient (Wildman–Crippen LogP) is 4.09. The van der Waals surface area contributed by atoms with Crippen molar-refractivity contribution in [2.45, 2.75) is 0 Å². The van der Waals surface area contributed by atoms with E-state index in [4.69, 9.17) is 27.9 Å². The number of esters is 1. The van der Waals surface area contributed by atoms with Gasteiger partial charge in [0.15, 0.2) is 0 Å². The van der Waals surface area contributed by atoms with Gasteiger partial charge in [0.1, 0.15) is 5.75 Å². The summed E-state index contributed by atoms with van der Waals surface area (Å²) in [5.41, 5.74) is 3.61. The zero-order chi connectivity index (χ0) is 22.9. The molecule has 3 rings (SSSR count). The average Bonchev–Trinajstić information content (AvgIpc) is 2.78. The molecular formula is C23H17Cl2N3O4. The van der Waals surface area contributed by atoms with Gasteiger partial charge in [-0.15, -0.1) is 0 Å². The number of benzene rings is 3. The van der Waals surface area contributed by atoms with Crippen LogP contribution in [0, 0.1) is 0 Å². The summed E-state index contributed by atoms with van der Waals surface area (Å²) in [5.74, 6) is -1.16. The van der Waals surface area contributed by atoms with Crippen LogP contribution in [0.1, 0.15) is 26.3 Å². The molecule has 0 unspecified atom stereocenters. The van der Waals surface area contributed by atoms with Crippen molar-refractivity contribution < 1.29 is 19.1 Å². The molecule has 3 aromatic rings. The van der Waals surface area contributed by atoms with Gasteiger partial charge in [0.05, 0.1) is 18.3 Å². The number of nitrogens with zero attached hydrogens (tertiary/aromatic N) is 1. The van der Waals surface area contributed by atoms with Crippen LogP contribution in [0.3, 0.4) is 0 Å². The first-order valence-electron chi connectivity index (χ1n) is 9.34. The number of ether oxygens (including phenoxy) is 1. The van der Waals surface area contributed by atoms with Crippen molar-refractivity contribution in [2.24, 2.45) is 5.10 Å². The van der Waals surface area contributed by atoms with E-state index < -0.39 is 17.8 Å². The Morgan fingerprint density at radius 3 is 2.38 bits per heavy atom. The van der Waals surface area contributed by atoms with Gasteiger partial charge in [-0.2, -0.15) is 5.10 Å². The van der Waals surface area contributed by atoms with Crippen molar-refractivity contribution in [3.63, 3.8) is 0 Å². The van der Waals surface area contributed by atoms with E-state index in [1.807, 2.05) is 0 Å². The summed E-state index contributed by atoms with van der Waals surface area (Å²) in [5, 5.41) is 7.26. The maximum atomic E-state index is 12.2. The van der Waals surface area contributed by atoms with Gasteiger partial charge in [-0.25, -0.2) is 10.2 Å². The van der Waals surface area contributed by atoms with Crippen LogP contribution in [0.4, 0.5) is 0 Å². The number of rotatable bonds is 7. The Morgan fingerprint density at radius 1 is 0.875 bits per heavy atom. The monoisotopic (exact) mass is 469 g/mol. The average molecular weight is 470 g/mol. The molecule has 0 aliphatic heterocycles. The third-order valence-corrected chi connectivity index (χ3v) is 4.53. The van der Waals surface area contributed by atoms with E-state index in [0.29, 0.717) is 32.5 Å². The first-order valence-corrected chi connectivity index (χ1v) is 10.1. The highest BCUT2D eigenvalue weighted by Gasteiger charge is 2.09. The molecule has 162 valence electrons. The van der Waals surface area contributed by atoms with Crippen LogP contribution >= 0.6 is 23.2 Å². The van der Waals surface area contributed by atoms with Gasteiger partial charge in [-0.05, 0) is 60.2 Å². The fraction of sp³-hybridized carbons (Fsp3) is 0.0435. The molecule has 7 nitrogen and oxygen atoms in total. The third-order valence-electron chi connectivity index (χ3n) is 4.05. The molecule has 0 bridgehead atoms. The van der Waals surface area contributed by atoms with Gasteiger partial charge in [0.25, 0.3) is 11.8 Å². The first kappa shape index (κ1) is 23.0. The Labute approximate surface area is 194 Å². The first-order chi connectivity index (χ1) is 15.4. The quantitative estimate of drug-likeness (QED) is 0.235. The molecule has 0 radical (unpaired) electrons. The zero-order valence-corrected chi connectivity index (χ0v) is 18.1. The van der Waals surface area contributed by atoms with Crippen LogP contribution < -0.4 is 15.5 Å².